The van der Waals surface area contributed by atoms with Crippen molar-refractivity contribution in [3.8, 4) is 0 Å². The summed E-state index contributed by atoms with van der Waals surface area (Å²) in [7, 11) is 1.40. The SMILES string of the molecule is CNC(=O)OCC1CN(/N=C/c2ccc([N+](=O)[O-])o2)C(=O)O1. The van der Waals surface area contributed by atoms with Crippen LogP contribution in [0.1, 0.15) is 5.76 Å². The van der Waals surface area contributed by atoms with Gasteiger partial charge in [-0.05, 0) is 6.07 Å². The molecule has 0 radical (unpaired) electrons. The number of carbonyl (C=O) groups is 2. The Bertz CT molecular complexity index is 611. The van der Waals surface area contributed by atoms with Crippen LogP contribution in [0.25, 0.3) is 0 Å². The third-order valence-corrected chi connectivity index (χ3v) is 2.58. The average Bonchev–Trinajstić information content (AvgIpc) is 3.09. The van der Waals surface area contributed by atoms with Crippen molar-refractivity contribution in [3.63, 3.8) is 0 Å². The number of ether oxygens (including phenoxy) is 2. The Morgan fingerprint density at radius 1 is 1.68 bits per heavy atom. The van der Waals surface area contributed by atoms with Crippen LogP contribution in [0.3, 0.4) is 0 Å². The van der Waals surface area contributed by atoms with E-state index in [1.807, 2.05) is 0 Å². The Hall–Kier alpha value is -3.11. The number of cyclic esters (lactones) is 1. The van der Waals surface area contributed by atoms with Crippen LogP contribution >= 0.6 is 0 Å². The van der Waals surface area contributed by atoms with Crippen molar-refractivity contribution in [3.05, 3.63) is 28.0 Å². The Morgan fingerprint density at radius 2 is 2.45 bits per heavy atom. The Kier molecular flexibility index (Phi) is 4.56. The van der Waals surface area contributed by atoms with Crippen molar-refractivity contribution in [2.45, 2.75) is 6.10 Å². The molecular formula is C11H12N4O7. The zero-order valence-electron chi connectivity index (χ0n) is 11.4. The molecule has 1 saturated heterocycles. The second-order valence-corrected chi connectivity index (χ2v) is 4.11. The minimum Gasteiger partial charge on any atom is -0.446 e. The zero-order chi connectivity index (χ0) is 16.1. The summed E-state index contributed by atoms with van der Waals surface area (Å²) in [6, 6.07) is 2.51. The molecule has 0 aromatic carbocycles. The highest BCUT2D eigenvalue weighted by molar-refractivity contribution is 5.78. The number of hydrazone groups is 1. The van der Waals surface area contributed by atoms with Gasteiger partial charge >= 0.3 is 18.1 Å². The van der Waals surface area contributed by atoms with Gasteiger partial charge in [0.05, 0.1) is 18.8 Å². The minimum absolute atomic E-state index is 0.0785. The second kappa shape index (κ2) is 6.56. The van der Waals surface area contributed by atoms with Crippen molar-refractivity contribution >= 4 is 24.3 Å². The first-order valence-electron chi connectivity index (χ1n) is 6.10. The summed E-state index contributed by atoms with van der Waals surface area (Å²) in [5.41, 5.74) is 0. The van der Waals surface area contributed by atoms with Gasteiger partial charge in [-0.1, -0.05) is 0 Å². The molecule has 22 heavy (non-hydrogen) atoms. The molecule has 1 N–H and O–H groups in total. The highest BCUT2D eigenvalue weighted by Gasteiger charge is 2.32. The van der Waals surface area contributed by atoms with E-state index < -0.39 is 29.1 Å². The molecule has 1 atom stereocenters. The van der Waals surface area contributed by atoms with Crippen molar-refractivity contribution < 1.29 is 28.4 Å². The van der Waals surface area contributed by atoms with Gasteiger partial charge in [0.2, 0.25) is 0 Å². The van der Waals surface area contributed by atoms with Crippen molar-refractivity contribution in [1.29, 1.82) is 0 Å². The van der Waals surface area contributed by atoms with Crippen LogP contribution < -0.4 is 5.32 Å². The minimum atomic E-state index is -0.720. The van der Waals surface area contributed by atoms with E-state index in [2.05, 4.69) is 10.4 Å². The summed E-state index contributed by atoms with van der Waals surface area (Å²) >= 11 is 0. The first kappa shape index (κ1) is 15.3. The van der Waals surface area contributed by atoms with E-state index in [1.54, 1.807) is 0 Å². The molecule has 2 heterocycles. The first-order valence-corrected chi connectivity index (χ1v) is 6.10. The van der Waals surface area contributed by atoms with Crippen molar-refractivity contribution in [1.82, 2.24) is 10.3 Å². The molecule has 0 saturated carbocycles. The fourth-order valence-electron chi connectivity index (χ4n) is 1.57. The van der Waals surface area contributed by atoms with Gasteiger partial charge < -0.3 is 19.2 Å². The van der Waals surface area contributed by atoms with E-state index >= 15 is 0 Å². The van der Waals surface area contributed by atoms with Gasteiger partial charge in [-0.2, -0.15) is 10.1 Å². The van der Waals surface area contributed by atoms with Gasteiger partial charge in [-0.25, -0.2) is 9.59 Å². The van der Waals surface area contributed by atoms with E-state index in [0.29, 0.717) is 0 Å². The second-order valence-electron chi connectivity index (χ2n) is 4.11. The van der Waals surface area contributed by atoms with E-state index in [9.17, 15) is 19.7 Å². The van der Waals surface area contributed by atoms with Crippen LogP contribution in [0.5, 0.6) is 0 Å². The van der Waals surface area contributed by atoms with Crippen LogP contribution in [0, 0.1) is 10.1 Å². The predicted octanol–water partition coefficient (Wildman–Crippen LogP) is 0.699. The predicted molar refractivity (Wildman–Crippen MR) is 70.3 cm³/mol. The van der Waals surface area contributed by atoms with Crippen LogP contribution in [-0.2, 0) is 9.47 Å². The van der Waals surface area contributed by atoms with Crippen molar-refractivity contribution in [2.75, 3.05) is 20.2 Å². The van der Waals surface area contributed by atoms with Gasteiger partial charge in [0.1, 0.15) is 11.5 Å². The highest BCUT2D eigenvalue weighted by Crippen LogP contribution is 2.15. The average molecular weight is 312 g/mol. The summed E-state index contributed by atoms with van der Waals surface area (Å²) in [5, 5.41) is 17.5. The Labute approximate surface area is 123 Å². The smallest absolute Gasteiger partial charge is 0.433 e. The molecule has 118 valence electrons. The van der Waals surface area contributed by atoms with Crippen LogP contribution in [0.2, 0.25) is 0 Å². The van der Waals surface area contributed by atoms with Crippen LogP contribution in [0.15, 0.2) is 21.7 Å². The summed E-state index contributed by atoms with van der Waals surface area (Å²) in [5.74, 6) is -0.313. The lowest BCUT2D eigenvalue weighted by Gasteiger charge is -2.07. The number of rotatable bonds is 5. The number of nitrogens with zero attached hydrogens (tertiary/aromatic N) is 3. The molecule has 2 amide bonds. The number of hydrogen-bond acceptors (Lipinski definition) is 8. The lowest BCUT2D eigenvalue weighted by atomic mass is 10.4. The number of hydrogen-bond donors (Lipinski definition) is 1. The lowest BCUT2D eigenvalue weighted by molar-refractivity contribution is -0.402. The number of nitrogens with one attached hydrogen (secondary N) is 1. The number of amides is 2. The van der Waals surface area contributed by atoms with Gasteiger partial charge in [-0.15, -0.1) is 0 Å². The van der Waals surface area contributed by atoms with E-state index in [4.69, 9.17) is 13.9 Å². The molecule has 1 fully saturated rings. The summed E-state index contributed by atoms with van der Waals surface area (Å²) in [6.45, 7) is -0.0290. The monoisotopic (exact) mass is 312 g/mol. The number of carbonyl (C=O) groups excluding carboxylic acids is 2. The largest absolute Gasteiger partial charge is 0.446 e. The highest BCUT2D eigenvalue weighted by atomic mass is 16.6. The molecule has 0 aliphatic carbocycles. The molecule has 11 nitrogen and oxygen atoms in total. The lowest BCUT2D eigenvalue weighted by Crippen LogP contribution is -2.27. The quantitative estimate of drug-likeness (QED) is 0.480. The van der Waals surface area contributed by atoms with E-state index in [-0.39, 0.29) is 18.9 Å². The Balaban J connectivity index is 1.89. The maximum atomic E-state index is 11.5. The number of furan rings is 1. The molecule has 1 aromatic heterocycles. The molecular weight excluding hydrogens is 300 g/mol. The Morgan fingerprint density at radius 3 is 3.09 bits per heavy atom. The summed E-state index contributed by atoms with van der Waals surface area (Å²) < 4.78 is 14.6. The van der Waals surface area contributed by atoms with Crippen molar-refractivity contribution in [2.24, 2.45) is 5.10 Å². The third kappa shape index (κ3) is 3.71. The molecule has 11 heteroatoms. The molecule has 1 aromatic rings. The number of nitro groups is 1. The maximum absolute atomic E-state index is 11.5. The van der Waals surface area contributed by atoms with Gasteiger partial charge in [0.15, 0.2) is 11.9 Å². The zero-order valence-corrected chi connectivity index (χ0v) is 11.4. The van der Waals surface area contributed by atoms with E-state index in [1.165, 1.54) is 19.2 Å². The summed E-state index contributed by atoms with van der Waals surface area (Å²) in [6.07, 6.45) is -0.854. The molecule has 0 spiro atoms. The molecule has 1 aliphatic heterocycles. The van der Waals surface area contributed by atoms with Gasteiger partial charge in [-0.3, -0.25) is 10.1 Å². The van der Waals surface area contributed by atoms with Crippen LogP contribution in [0.4, 0.5) is 15.5 Å². The molecule has 0 bridgehead atoms. The topological polar surface area (TPSA) is 137 Å². The molecule has 1 unspecified atom stereocenters. The standard InChI is InChI=1S/C11H12N4O7/c1-12-10(16)20-6-8-5-14(11(17)22-8)13-4-7-2-3-9(21-7)15(18)19/h2-4,8H,5-6H2,1H3,(H,12,16)/b13-4+. The molecule has 1 aliphatic rings. The fourth-order valence-corrected chi connectivity index (χ4v) is 1.57. The summed E-state index contributed by atoms with van der Waals surface area (Å²) in [4.78, 5) is 32.2. The number of alkyl carbamates (subject to hydrolysis) is 1. The third-order valence-electron chi connectivity index (χ3n) is 2.58. The molecule has 2 rings (SSSR count). The van der Waals surface area contributed by atoms with Crippen LogP contribution in [-0.4, -0.2) is 54.6 Å². The first-order chi connectivity index (χ1) is 10.5. The fraction of sp³-hybridized carbons (Fsp3) is 0.364. The normalized spacial score (nSPS) is 17.6. The van der Waals surface area contributed by atoms with E-state index in [0.717, 1.165) is 11.2 Å². The van der Waals surface area contributed by atoms with Gasteiger partial charge in [0.25, 0.3) is 0 Å². The maximum Gasteiger partial charge on any atom is 0.433 e. The van der Waals surface area contributed by atoms with Gasteiger partial charge in [0, 0.05) is 7.05 Å².